The van der Waals surface area contributed by atoms with Crippen LogP contribution in [0.3, 0.4) is 0 Å². The second-order valence-corrected chi connectivity index (χ2v) is 19.7. The topological polar surface area (TPSA) is 314 Å². The van der Waals surface area contributed by atoms with Gasteiger partial charge in [0.1, 0.15) is 48.5 Å². The summed E-state index contributed by atoms with van der Waals surface area (Å²) in [4.78, 5) is 68.5. The Hall–Kier alpha value is -6.35. The van der Waals surface area contributed by atoms with E-state index in [1.807, 2.05) is 60.7 Å². The van der Waals surface area contributed by atoms with Crippen LogP contribution < -0.4 is 21.3 Å². The quantitative estimate of drug-likeness (QED) is 0.0599. The smallest absolute Gasteiger partial charge is 0.347 e. The first kappa shape index (κ1) is 50.2. The lowest BCUT2D eigenvalue weighted by Gasteiger charge is -2.22. The van der Waals surface area contributed by atoms with Crippen molar-refractivity contribution in [3.8, 4) is 0 Å². The van der Waals surface area contributed by atoms with Crippen molar-refractivity contribution in [2.24, 2.45) is 0 Å². The Balaban J connectivity index is 0.830. The standard InChI is InChI=1S/C45H49N11O15P2/c1-3-46-44(57)53-28-19-20-48-40-33(28)51-24-55(40)42-37-35(67-31(69-37)17-15-26-11-7-5-8-12-26)29(65-42)21-63-72(59,60)71-73(61,62)64-22-30-36-38(70-32(68-36)18-16-27-13-9-6-10-14-27)43(66-30)56-25-52-34-39(49-23-50-41(34)56)54-45(58)47-4-2/h5-20,23-25,29-32,35-38,42-43H,3-4,21-22H2,1-2H3,(H,59,60)(H,61,62)(H2,46,48,53,57)(H2,47,49,50,54,58)/b17-15+,18-16+/t29-,30-,31?,32?,35+,36?,37?,38?,42-,43-/m1/s1. The van der Waals surface area contributed by atoms with Crippen molar-refractivity contribution in [1.29, 1.82) is 0 Å². The van der Waals surface area contributed by atoms with Gasteiger partial charge in [-0.1, -0.05) is 72.8 Å². The first-order valence-electron chi connectivity index (χ1n) is 23.0. The summed E-state index contributed by atoms with van der Waals surface area (Å²) >= 11 is 0. The van der Waals surface area contributed by atoms with Crippen LogP contribution in [0.1, 0.15) is 37.4 Å². The molecule has 4 saturated heterocycles. The van der Waals surface area contributed by atoms with E-state index >= 15 is 0 Å². The van der Waals surface area contributed by atoms with Crippen molar-refractivity contribution in [3.63, 3.8) is 0 Å². The highest BCUT2D eigenvalue weighted by Crippen LogP contribution is 2.61. The fraction of sp³-hybridized carbons (Fsp3) is 0.356. The maximum absolute atomic E-state index is 13.5. The minimum Gasteiger partial charge on any atom is -0.347 e. The van der Waals surface area contributed by atoms with Crippen molar-refractivity contribution < 1.29 is 70.3 Å². The fourth-order valence-corrected chi connectivity index (χ4v) is 10.7. The highest BCUT2D eigenvalue weighted by atomic mass is 31.3. The number of nitrogens with zero attached hydrogens (tertiary/aromatic N) is 7. The summed E-state index contributed by atoms with van der Waals surface area (Å²) in [5.74, 6) is 0.125. The molecule has 384 valence electrons. The van der Waals surface area contributed by atoms with Gasteiger partial charge >= 0.3 is 27.7 Å². The summed E-state index contributed by atoms with van der Waals surface area (Å²) in [5, 5.41) is 10.7. The van der Waals surface area contributed by atoms with Gasteiger partial charge in [0.2, 0.25) is 0 Å². The van der Waals surface area contributed by atoms with E-state index < -0.39 is 103 Å². The van der Waals surface area contributed by atoms with Gasteiger partial charge in [-0.2, -0.15) is 4.31 Å². The average Bonchev–Trinajstić information content (AvgIpc) is 4.24. The van der Waals surface area contributed by atoms with Gasteiger partial charge in [-0.25, -0.2) is 43.6 Å². The van der Waals surface area contributed by atoms with Crippen LogP contribution in [0.5, 0.6) is 0 Å². The largest absolute Gasteiger partial charge is 0.481 e. The molecule has 0 bridgehead atoms. The van der Waals surface area contributed by atoms with Crippen molar-refractivity contribution in [2.45, 2.75) is 75.5 Å². The van der Waals surface area contributed by atoms with Gasteiger partial charge in [-0.15, -0.1) is 0 Å². The number of carbonyl (C=O) groups excluding carboxylic acids is 2. The Labute approximate surface area is 415 Å². The molecule has 6 N–H and O–H groups in total. The molecule has 2 aromatic carbocycles. The van der Waals surface area contributed by atoms with Crippen LogP contribution >= 0.6 is 15.6 Å². The van der Waals surface area contributed by atoms with Crippen LogP contribution in [0.25, 0.3) is 34.5 Å². The number of fused-ring (bicyclic) bond motifs is 4. The molecule has 4 aliphatic rings. The molecule has 0 aliphatic carbocycles. The normalized spacial score (nSPS) is 27.3. The molecular weight excluding hydrogens is 997 g/mol. The summed E-state index contributed by atoms with van der Waals surface area (Å²) in [7, 11) is -10.8. The van der Waals surface area contributed by atoms with E-state index in [1.54, 1.807) is 48.8 Å². The van der Waals surface area contributed by atoms with E-state index in [0.717, 1.165) is 11.1 Å². The zero-order valence-corrected chi connectivity index (χ0v) is 40.6. The number of hydrogen-bond donors (Lipinski definition) is 6. The highest BCUT2D eigenvalue weighted by Gasteiger charge is 2.56. The van der Waals surface area contributed by atoms with Gasteiger partial charge in [-0.05, 0) is 43.2 Å². The first-order valence-corrected chi connectivity index (χ1v) is 26.0. The third-order valence-corrected chi connectivity index (χ3v) is 14.4. The Morgan fingerprint density at radius 2 is 1.12 bits per heavy atom. The van der Waals surface area contributed by atoms with Crippen LogP contribution in [-0.4, -0.2) is 131 Å². The number of ether oxygens (including phenoxy) is 6. The highest BCUT2D eigenvalue weighted by molar-refractivity contribution is 7.61. The van der Waals surface area contributed by atoms with Gasteiger partial charge < -0.3 is 54.2 Å². The minimum atomic E-state index is -5.42. The first-order chi connectivity index (χ1) is 35.3. The molecule has 28 heteroatoms. The number of aromatic nitrogens is 7. The molecule has 0 spiro atoms. The Morgan fingerprint density at radius 1 is 0.630 bits per heavy atom. The van der Waals surface area contributed by atoms with Crippen LogP contribution in [0.15, 0.2) is 104 Å². The van der Waals surface area contributed by atoms with E-state index in [1.165, 1.54) is 29.7 Å². The Kier molecular flexibility index (Phi) is 14.9. The second-order valence-electron chi connectivity index (χ2n) is 16.6. The van der Waals surface area contributed by atoms with Crippen LogP contribution in [0.4, 0.5) is 21.1 Å². The van der Waals surface area contributed by atoms with Crippen LogP contribution in [0, 0.1) is 0 Å². The SMILES string of the molecule is CCNC(=O)Nc1ncnc2c1ncn2[C@@H]1O[C@H](COP(=O)(O)OP(=O)(O)OC[C@H]2O[C@@H](n3cnc4c(NC(=O)NCC)ccnc43)C3OC(/C=C/c4ccccc4)O[C@H]32)C2OC(/C=C/c3ccccc3)OC21. The third-order valence-electron chi connectivity index (χ3n) is 11.8. The average molecular weight is 1050 g/mol. The molecule has 6 aromatic rings. The molecule has 10 rings (SSSR count). The van der Waals surface area contributed by atoms with Gasteiger partial charge in [0.25, 0.3) is 0 Å². The zero-order valence-electron chi connectivity index (χ0n) is 38.8. The summed E-state index contributed by atoms with van der Waals surface area (Å²) in [6.45, 7) is 2.90. The number of phosphoric ester groups is 2. The summed E-state index contributed by atoms with van der Waals surface area (Å²) in [5.41, 5.74) is 3.25. The number of pyridine rings is 1. The molecule has 4 aliphatic heterocycles. The number of carbonyl (C=O) groups is 2. The molecule has 4 aromatic heterocycles. The van der Waals surface area contributed by atoms with E-state index in [-0.39, 0.29) is 17.0 Å². The number of imidazole rings is 2. The van der Waals surface area contributed by atoms with E-state index in [0.29, 0.717) is 29.9 Å². The van der Waals surface area contributed by atoms with E-state index in [2.05, 4.69) is 46.2 Å². The van der Waals surface area contributed by atoms with Gasteiger partial charge in [-0.3, -0.25) is 23.5 Å². The lowest BCUT2D eigenvalue weighted by molar-refractivity contribution is -0.133. The predicted octanol–water partition coefficient (Wildman–Crippen LogP) is 5.25. The van der Waals surface area contributed by atoms with Gasteiger partial charge in [0.15, 0.2) is 47.7 Å². The van der Waals surface area contributed by atoms with Crippen molar-refractivity contribution in [1.82, 2.24) is 44.7 Å². The van der Waals surface area contributed by atoms with Crippen molar-refractivity contribution in [2.75, 3.05) is 36.9 Å². The summed E-state index contributed by atoms with van der Waals surface area (Å²) in [6.07, 6.45) is 2.84. The number of urea groups is 2. The number of amides is 4. The monoisotopic (exact) mass is 1050 g/mol. The van der Waals surface area contributed by atoms with Gasteiger partial charge in [0.05, 0.1) is 31.6 Å². The maximum Gasteiger partial charge on any atom is 0.481 e. The zero-order chi connectivity index (χ0) is 50.7. The summed E-state index contributed by atoms with van der Waals surface area (Å²) < 4.78 is 83.2. The maximum atomic E-state index is 13.5. The number of anilines is 2. The number of phosphoric acid groups is 2. The molecule has 73 heavy (non-hydrogen) atoms. The second kappa shape index (κ2) is 21.6. The van der Waals surface area contributed by atoms with Crippen molar-refractivity contribution in [3.05, 3.63) is 115 Å². The minimum absolute atomic E-state index is 0.125. The molecule has 12 atom stereocenters. The molecule has 0 radical (unpaired) electrons. The number of nitrogens with one attached hydrogen (secondary N) is 4. The number of hydrogen-bond acceptors (Lipinski definition) is 18. The Bertz CT molecular complexity index is 2890. The van der Waals surface area contributed by atoms with Crippen LogP contribution in [-0.2, 0) is 50.9 Å². The molecule has 4 amide bonds. The van der Waals surface area contributed by atoms with Crippen LogP contribution in [0.2, 0.25) is 0 Å². The third kappa shape index (κ3) is 11.3. The van der Waals surface area contributed by atoms with Crippen molar-refractivity contribution >= 4 is 73.7 Å². The van der Waals surface area contributed by atoms with E-state index in [9.17, 15) is 28.5 Å². The molecule has 0 saturated carbocycles. The van der Waals surface area contributed by atoms with Gasteiger partial charge in [0, 0.05) is 19.3 Å². The van der Waals surface area contributed by atoms with E-state index in [4.69, 9.17) is 41.8 Å². The summed E-state index contributed by atoms with van der Waals surface area (Å²) in [6, 6.07) is 19.5. The predicted molar refractivity (Wildman–Crippen MR) is 257 cm³/mol. The Morgan fingerprint density at radius 3 is 1.66 bits per heavy atom. The molecule has 26 nitrogen and oxygen atoms in total. The number of rotatable bonds is 18. The molecular formula is C45H49N11O15P2. The fourth-order valence-electron chi connectivity index (χ4n) is 8.63. The number of benzene rings is 2. The molecule has 4 fully saturated rings. The lowest BCUT2D eigenvalue weighted by atomic mass is 10.1. The lowest BCUT2D eigenvalue weighted by Crippen LogP contribution is -2.32. The molecule has 8 heterocycles. The molecule has 7 unspecified atom stereocenters.